The van der Waals surface area contributed by atoms with Gasteiger partial charge in [-0.25, -0.2) is 0 Å². The van der Waals surface area contributed by atoms with Crippen LogP contribution in [0.1, 0.15) is 46.5 Å². The van der Waals surface area contributed by atoms with E-state index in [1.54, 1.807) is 0 Å². The third-order valence-electron chi connectivity index (χ3n) is 3.19. The van der Waals surface area contributed by atoms with E-state index in [0.717, 1.165) is 5.92 Å². The van der Waals surface area contributed by atoms with E-state index >= 15 is 0 Å². The Bertz CT molecular complexity index is 126. The molecule has 1 fully saturated rings. The molecule has 0 heterocycles. The zero-order valence-corrected chi connectivity index (χ0v) is 8.56. The van der Waals surface area contributed by atoms with Gasteiger partial charge in [-0.05, 0) is 37.0 Å². The minimum atomic E-state index is 0.486. The molecule has 0 spiro atoms. The summed E-state index contributed by atoms with van der Waals surface area (Å²) < 4.78 is 0. The molecule has 1 N–H and O–H groups in total. The average Bonchev–Trinajstić information content (AvgIpc) is 2.03. The van der Waals surface area contributed by atoms with Crippen LogP contribution in [-0.2, 0) is 0 Å². The summed E-state index contributed by atoms with van der Waals surface area (Å²) in [6.07, 6.45) is 5.16. The van der Waals surface area contributed by atoms with E-state index in [-0.39, 0.29) is 0 Å². The molecule has 0 aliphatic heterocycles. The van der Waals surface area contributed by atoms with Gasteiger partial charge < -0.3 is 5.32 Å². The van der Waals surface area contributed by atoms with Gasteiger partial charge in [0.25, 0.3) is 0 Å². The van der Waals surface area contributed by atoms with E-state index < -0.39 is 0 Å². The molecule has 1 nitrogen and oxygen atoms in total. The van der Waals surface area contributed by atoms with E-state index in [1.807, 2.05) is 0 Å². The standard InChI is InChI=1S/C11H21N/c1-11(2,3)9-5-7-10(12-4)8-6-9/h4,9-10,12H,5-8H2,1-3H3. The Balaban J connectivity index is 2.36. The monoisotopic (exact) mass is 167 g/mol. The van der Waals surface area contributed by atoms with Gasteiger partial charge in [0.1, 0.15) is 0 Å². The maximum Gasteiger partial charge on any atom is 0.0409 e. The predicted octanol–water partition coefficient (Wildman–Crippen LogP) is 2.85. The quantitative estimate of drug-likeness (QED) is 0.592. The maximum atomic E-state index is 5.41. The highest BCUT2D eigenvalue weighted by Crippen LogP contribution is 2.37. The number of rotatable bonds is 1. The van der Waals surface area contributed by atoms with Crippen molar-refractivity contribution < 1.29 is 0 Å². The van der Waals surface area contributed by atoms with Crippen LogP contribution < -0.4 is 5.32 Å². The average molecular weight is 167 g/mol. The van der Waals surface area contributed by atoms with Crippen molar-refractivity contribution in [1.29, 1.82) is 0 Å². The van der Waals surface area contributed by atoms with Crippen LogP contribution in [0.4, 0.5) is 0 Å². The fraction of sp³-hybridized carbons (Fsp3) is 0.909. The molecule has 0 unspecified atom stereocenters. The van der Waals surface area contributed by atoms with Crippen LogP contribution in [0.15, 0.2) is 0 Å². The van der Waals surface area contributed by atoms with Gasteiger partial charge in [-0.15, -0.1) is 0 Å². The molecule has 0 aromatic carbocycles. The van der Waals surface area contributed by atoms with Crippen LogP contribution >= 0.6 is 0 Å². The first-order valence-corrected chi connectivity index (χ1v) is 5.00. The van der Waals surface area contributed by atoms with Crippen molar-refractivity contribution in [3.8, 4) is 0 Å². The highest BCUT2D eigenvalue weighted by atomic mass is 14.9. The summed E-state index contributed by atoms with van der Waals surface area (Å²) >= 11 is 0. The van der Waals surface area contributed by atoms with Crippen LogP contribution in [-0.4, -0.2) is 6.04 Å². The SMILES string of the molecule is [CH]NC1CCC(C(C)(C)C)CC1. The van der Waals surface area contributed by atoms with Crippen molar-refractivity contribution in [3.63, 3.8) is 0 Å². The zero-order chi connectivity index (χ0) is 9.19. The molecule has 0 atom stereocenters. The van der Waals surface area contributed by atoms with Gasteiger partial charge in [0.15, 0.2) is 0 Å². The minimum Gasteiger partial charge on any atom is -0.308 e. The Morgan fingerprint density at radius 1 is 1.08 bits per heavy atom. The second-order valence-electron chi connectivity index (χ2n) is 5.08. The van der Waals surface area contributed by atoms with Crippen molar-refractivity contribution in [3.05, 3.63) is 7.05 Å². The Labute approximate surface area is 76.9 Å². The summed E-state index contributed by atoms with van der Waals surface area (Å²) in [5, 5.41) is 2.88. The van der Waals surface area contributed by atoms with Crippen molar-refractivity contribution in [2.45, 2.75) is 52.5 Å². The zero-order valence-electron chi connectivity index (χ0n) is 8.56. The fourth-order valence-electron chi connectivity index (χ4n) is 2.13. The molecule has 1 heteroatoms. The van der Waals surface area contributed by atoms with Crippen LogP contribution in [0.5, 0.6) is 0 Å². The summed E-state index contributed by atoms with van der Waals surface area (Å²) in [6.45, 7) is 7.02. The molecule has 1 aliphatic carbocycles. The van der Waals surface area contributed by atoms with Gasteiger partial charge in [-0.2, -0.15) is 0 Å². The third-order valence-corrected chi connectivity index (χ3v) is 3.19. The minimum absolute atomic E-state index is 0.486. The fourth-order valence-corrected chi connectivity index (χ4v) is 2.13. The summed E-state index contributed by atoms with van der Waals surface area (Å²) in [4.78, 5) is 0. The van der Waals surface area contributed by atoms with E-state index in [1.165, 1.54) is 25.7 Å². The molecule has 12 heavy (non-hydrogen) atoms. The highest BCUT2D eigenvalue weighted by molar-refractivity contribution is 4.82. The lowest BCUT2D eigenvalue weighted by atomic mass is 9.71. The Hall–Kier alpha value is -0.0400. The molecule has 0 saturated heterocycles. The number of hydrogen-bond donors (Lipinski definition) is 1. The highest BCUT2D eigenvalue weighted by Gasteiger charge is 2.28. The van der Waals surface area contributed by atoms with Crippen LogP contribution in [0, 0.1) is 18.4 Å². The topological polar surface area (TPSA) is 12.0 Å². The van der Waals surface area contributed by atoms with E-state index in [9.17, 15) is 0 Å². The molecule has 0 aromatic rings. The van der Waals surface area contributed by atoms with E-state index in [0.29, 0.717) is 11.5 Å². The van der Waals surface area contributed by atoms with E-state index in [2.05, 4.69) is 26.1 Å². The summed E-state index contributed by atoms with van der Waals surface area (Å²) in [7, 11) is 5.41. The molecule has 0 bridgehead atoms. The van der Waals surface area contributed by atoms with Gasteiger partial charge >= 0.3 is 0 Å². The van der Waals surface area contributed by atoms with Crippen molar-refractivity contribution in [1.82, 2.24) is 5.32 Å². The summed E-state index contributed by atoms with van der Waals surface area (Å²) in [5.74, 6) is 0.891. The van der Waals surface area contributed by atoms with Crippen molar-refractivity contribution >= 4 is 0 Å². The predicted molar refractivity (Wildman–Crippen MR) is 52.6 cm³/mol. The molecule has 1 rings (SSSR count). The van der Waals surface area contributed by atoms with Crippen LogP contribution in [0.3, 0.4) is 0 Å². The first-order chi connectivity index (χ1) is 5.54. The van der Waals surface area contributed by atoms with Crippen LogP contribution in [0.2, 0.25) is 0 Å². The second kappa shape index (κ2) is 3.78. The molecule has 70 valence electrons. The van der Waals surface area contributed by atoms with Gasteiger partial charge in [0, 0.05) is 13.1 Å². The number of hydrogen-bond acceptors (Lipinski definition) is 1. The lowest BCUT2D eigenvalue weighted by Gasteiger charge is -2.36. The summed E-state index contributed by atoms with van der Waals surface area (Å²) in [6, 6.07) is 0.573. The lowest BCUT2D eigenvalue weighted by Crippen LogP contribution is -2.33. The first kappa shape index (κ1) is 10.0. The molecule has 0 amide bonds. The van der Waals surface area contributed by atoms with Crippen molar-refractivity contribution in [2.24, 2.45) is 11.3 Å². The molecule has 1 saturated carbocycles. The Morgan fingerprint density at radius 2 is 1.58 bits per heavy atom. The van der Waals surface area contributed by atoms with Gasteiger partial charge in [-0.1, -0.05) is 20.8 Å². The Morgan fingerprint density at radius 3 is 1.92 bits per heavy atom. The molecular formula is C11H21N. The maximum absolute atomic E-state index is 5.41. The van der Waals surface area contributed by atoms with Gasteiger partial charge in [0.2, 0.25) is 0 Å². The lowest BCUT2D eigenvalue weighted by molar-refractivity contribution is 0.164. The first-order valence-electron chi connectivity index (χ1n) is 5.00. The van der Waals surface area contributed by atoms with Crippen LogP contribution in [0.25, 0.3) is 0 Å². The third kappa shape index (κ3) is 2.48. The smallest absolute Gasteiger partial charge is 0.0409 e. The molecule has 1 aliphatic rings. The van der Waals surface area contributed by atoms with Gasteiger partial charge in [0.05, 0.1) is 0 Å². The van der Waals surface area contributed by atoms with Gasteiger partial charge in [-0.3, -0.25) is 0 Å². The largest absolute Gasteiger partial charge is 0.308 e. The van der Waals surface area contributed by atoms with Crippen molar-refractivity contribution in [2.75, 3.05) is 0 Å². The normalized spacial score (nSPS) is 32.0. The molecule has 2 radical (unpaired) electrons. The second-order valence-corrected chi connectivity index (χ2v) is 5.08. The molecule has 0 aromatic heterocycles. The number of nitrogens with one attached hydrogen (secondary N) is 1. The molecular weight excluding hydrogens is 146 g/mol. The summed E-state index contributed by atoms with van der Waals surface area (Å²) in [5.41, 5.74) is 0.486. The Kier molecular flexibility index (Phi) is 3.16. The van der Waals surface area contributed by atoms with E-state index in [4.69, 9.17) is 7.05 Å².